The van der Waals surface area contributed by atoms with Crippen LogP contribution in [0.1, 0.15) is 44.9 Å². The summed E-state index contributed by atoms with van der Waals surface area (Å²) in [5.41, 5.74) is 0. The van der Waals surface area contributed by atoms with Crippen molar-refractivity contribution >= 4 is 0 Å². The Hall–Kier alpha value is -0.0400. The highest BCUT2D eigenvalue weighted by Gasteiger charge is 2.20. The van der Waals surface area contributed by atoms with Crippen molar-refractivity contribution in [1.82, 2.24) is 5.32 Å². The van der Waals surface area contributed by atoms with E-state index in [1.54, 1.807) is 0 Å². The third-order valence-electron chi connectivity index (χ3n) is 3.02. The molecular weight excluding hydrogens is 134 g/mol. The first-order valence-electron chi connectivity index (χ1n) is 5.18. The van der Waals surface area contributed by atoms with Crippen LogP contribution >= 0.6 is 0 Å². The molecular formula is C10H19N. The monoisotopic (exact) mass is 153 g/mol. The van der Waals surface area contributed by atoms with Gasteiger partial charge in [0.2, 0.25) is 0 Å². The van der Waals surface area contributed by atoms with Crippen LogP contribution in [0, 0.1) is 5.92 Å². The van der Waals surface area contributed by atoms with Gasteiger partial charge < -0.3 is 5.32 Å². The zero-order chi connectivity index (χ0) is 7.52. The fourth-order valence-corrected chi connectivity index (χ4v) is 1.77. The predicted octanol–water partition coefficient (Wildman–Crippen LogP) is 2.32. The average molecular weight is 153 g/mol. The molecule has 1 nitrogen and oxygen atoms in total. The summed E-state index contributed by atoms with van der Waals surface area (Å²) in [5, 5.41) is 3.56. The molecule has 0 bridgehead atoms. The SMILES string of the molecule is C(CNC1CC1)CC1CCC1. The van der Waals surface area contributed by atoms with Crippen LogP contribution in [0.15, 0.2) is 0 Å². The number of hydrogen-bond donors (Lipinski definition) is 1. The summed E-state index contributed by atoms with van der Waals surface area (Å²) in [4.78, 5) is 0. The molecule has 11 heavy (non-hydrogen) atoms. The van der Waals surface area contributed by atoms with Crippen molar-refractivity contribution < 1.29 is 0 Å². The van der Waals surface area contributed by atoms with E-state index in [0.29, 0.717) is 0 Å². The highest BCUT2D eigenvalue weighted by molar-refractivity contribution is 4.80. The molecule has 2 aliphatic carbocycles. The first-order chi connectivity index (χ1) is 5.45. The molecule has 2 aliphatic rings. The topological polar surface area (TPSA) is 12.0 Å². The van der Waals surface area contributed by atoms with Gasteiger partial charge in [0.25, 0.3) is 0 Å². The van der Waals surface area contributed by atoms with Gasteiger partial charge in [-0.3, -0.25) is 0 Å². The van der Waals surface area contributed by atoms with E-state index < -0.39 is 0 Å². The third-order valence-corrected chi connectivity index (χ3v) is 3.02. The number of hydrogen-bond acceptors (Lipinski definition) is 1. The lowest BCUT2D eigenvalue weighted by Crippen LogP contribution is -2.19. The minimum Gasteiger partial charge on any atom is -0.314 e. The fourth-order valence-electron chi connectivity index (χ4n) is 1.77. The van der Waals surface area contributed by atoms with Crippen LogP contribution < -0.4 is 5.32 Å². The van der Waals surface area contributed by atoms with Gasteiger partial charge in [-0.2, -0.15) is 0 Å². The van der Waals surface area contributed by atoms with Gasteiger partial charge in [-0.15, -0.1) is 0 Å². The first-order valence-corrected chi connectivity index (χ1v) is 5.18. The van der Waals surface area contributed by atoms with Crippen molar-refractivity contribution in [2.24, 2.45) is 5.92 Å². The maximum absolute atomic E-state index is 3.56. The van der Waals surface area contributed by atoms with Gasteiger partial charge in [0.1, 0.15) is 0 Å². The molecule has 2 rings (SSSR count). The van der Waals surface area contributed by atoms with Crippen LogP contribution in [0.3, 0.4) is 0 Å². The van der Waals surface area contributed by atoms with Crippen LogP contribution in [-0.2, 0) is 0 Å². The summed E-state index contributed by atoms with van der Waals surface area (Å²) < 4.78 is 0. The second kappa shape index (κ2) is 3.57. The van der Waals surface area contributed by atoms with E-state index in [1.807, 2.05) is 0 Å². The second-order valence-electron chi connectivity index (χ2n) is 4.17. The smallest absolute Gasteiger partial charge is 0.00682 e. The van der Waals surface area contributed by atoms with E-state index in [-0.39, 0.29) is 0 Å². The van der Waals surface area contributed by atoms with E-state index in [2.05, 4.69) is 5.32 Å². The van der Waals surface area contributed by atoms with Crippen molar-refractivity contribution in [1.29, 1.82) is 0 Å². The van der Waals surface area contributed by atoms with E-state index >= 15 is 0 Å². The molecule has 0 spiro atoms. The largest absolute Gasteiger partial charge is 0.314 e. The highest BCUT2D eigenvalue weighted by atomic mass is 14.9. The molecule has 0 radical (unpaired) electrons. The molecule has 0 aliphatic heterocycles. The maximum Gasteiger partial charge on any atom is 0.00682 e. The number of rotatable bonds is 5. The van der Waals surface area contributed by atoms with Crippen molar-refractivity contribution in [3.8, 4) is 0 Å². The summed E-state index contributed by atoms with van der Waals surface area (Å²) in [6, 6.07) is 0.913. The van der Waals surface area contributed by atoms with E-state index in [1.165, 1.54) is 51.5 Å². The van der Waals surface area contributed by atoms with Gasteiger partial charge in [0.15, 0.2) is 0 Å². The molecule has 1 N–H and O–H groups in total. The zero-order valence-electron chi connectivity index (χ0n) is 7.31. The van der Waals surface area contributed by atoms with Crippen molar-refractivity contribution in [2.45, 2.75) is 51.0 Å². The van der Waals surface area contributed by atoms with Crippen LogP contribution in [0.5, 0.6) is 0 Å². The van der Waals surface area contributed by atoms with Gasteiger partial charge in [-0.05, 0) is 38.1 Å². The maximum atomic E-state index is 3.56. The molecule has 0 aromatic rings. The zero-order valence-corrected chi connectivity index (χ0v) is 7.31. The molecule has 0 unspecified atom stereocenters. The third kappa shape index (κ3) is 2.48. The molecule has 0 saturated heterocycles. The first kappa shape index (κ1) is 7.60. The molecule has 0 aromatic heterocycles. The lowest BCUT2D eigenvalue weighted by atomic mass is 9.82. The van der Waals surface area contributed by atoms with Gasteiger partial charge >= 0.3 is 0 Å². The predicted molar refractivity (Wildman–Crippen MR) is 47.6 cm³/mol. The van der Waals surface area contributed by atoms with Crippen LogP contribution in [0.2, 0.25) is 0 Å². The summed E-state index contributed by atoms with van der Waals surface area (Å²) in [5.74, 6) is 1.11. The summed E-state index contributed by atoms with van der Waals surface area (Å²) >= 11 is 0. The number of nitrogens with one attached hydrogen (secondary N) is 1. The van der Waals surface area contributed by atoms with Crippen LogP contribution in [0.25, 0.3) is 0 Å². The van der Waals surface area contributed by atoms with Gasteiger partial charge in [-0.1, -0.05) is 19.3 Å². The average Bonchev–Trinajstić information content (AvgIpc) is 2.66. The fraction of sp³-hybridized carbons (Fsp3) is 1.00. The lowest BCUT2D eigenvalue weighted by molar-refractivity contribution is 0.288. The Labute approximate surface area is 69.6 Å². The van der Waals surface area contributed by atoms with Gasteiger partial charge in [0.05, 0.1) is 0 Å². The Kier molecular flexibility index (Phi) is 2.47. The Balaban J connectivity index is 1.40. The molecule has 0 atom stereocenters. The molecule has 0 heterocycles. The summed E-state index contributed by atoms with van der Waals surface area (Å²) in [6.45, 7) is 1.28. The Morgan fingerprint density at radius 2 is 1.91 bits per heavy atom. The van der Waals surface area contributed by atoms with Crippen LogP contribution in [-0.4, -0.2) is 12.6 Å². The summed E-state index contributed by atoms with van der Waals surface area (Å²) in [6.07, 6.45) is 10.3. The van der Waals surface area contributed by atoms with Gasteiger partial charge in [-0.25, -0.2) is 0 Å². The minimum atomic E-state index is 0.913. The normalized spacial score (nSPS) is 25.1. The van der Waals surface area contributed by atoms with E-state index in [0.717, 1.165) is 12.0 Å². The second-order valence-corrected chi connectivity index (χ2v) is 4.17. The Morgan fingerprint density at radius 3 is 2.45 bits per heavy atom. The van der Waals surface area contributed by atoms with Crippen molar-refractivity contribution in [3.63, 3.8) is 0 Å². The molecule has 1 heteroatoms. The van der Waals surface area contributed by atoms with Crippen LogP contribution in [0.4, 0.5) is 0 Å². The summed E-state index contributed by atoms with van der Waals surface area (Å²) in [7, 11) is 0. The lowest BCUT2D eigenvalue weighted by Gasteiger charge is -2.25. The Bertz CT molecular complexity index is 114. The quantitative estimate of drug-likeness (QED) is 0.598. The van der Waals surface area contributed by atoms with Crippen molar-refractivity contribution in [2.75, 3.05) is 6.54 Å². The standard InChI is InChI=1S/C10H19N/c1-3-9(4-1)5-2-8-11-10-6-7-10/h9-11H,1-8H2. The van der Waals surface area contributed by atoms with Gasteiger partial charge in [0, 0.05) is 6.04 Å². The molecule has 0 aromatic carbocycles. The molecule has 0 amide bonds. The minimum absolute atomic E-state index is 0.913. The highest BCUT2D eigenvalue weighted by Crippen LogP contribution is 2.30. The Morgan fingerprint density at radius 1 is 1.09 bits per heavy atom. The molecule has 2 fully saturated rings. The van der Waals surface area contributed by atoms with E-state index in [4.69, 9.17) is 0 Å². The molecule has 2 saturated carbocycles. The molecule has 64 valence electrons. The van der Waals surface area contributed by atoms with Crippen molar-refractivity contribution in [3.05, 3.63) is 0 Å². The van der Waals surface area contributed by atoms with E-state index in [9.17, 15) is 0 Å².